The smallest absolute Gasteiger partial charge is 0.394 e. The lowest BCUT2D eigenvalue weighted by atomic mass is 9.94. The van der Waals surface area contributed by atoms with E-state index in [0.717, 1.165) is 0 Å². The zero-order valence-electron chi connectivity index (χ0n) is 46.3. The Bertz CT molecular complexity index is 3220. The zero-order chi connectivity index (χ0) is 68.0. The van der Waals surface area contributed by atoms with Crippen molar-refractivity contribution in [3.05, 3.63) is 0 Å². The minimum atomic E-state index is -6.26. The molecule has 0 unspecified atom stereocenters. The van der Waals surface area contributed by atoms with Crippen molar-refractivity contribution in [3.8, 4) is 0 Å². The molecule has 0 saturated carbocycles. The van der Waals surface area contributed by atoms with Crippen molar-refractivity contribution in [2.45, 2.75) is 184 Å². The van der Waals surface area contributed by atoms with Crippen LogP contribution < -0.4 is 0 Å². The summed E-state index contributed by atoms with van der Waals surface area (Å²) in [7, 11) is -36.2. The maximum Gasteiger partial charge on any atom is 0.453 e. The predicted octanol–water partition coefficient (Wildman–Crippen LogP) is -12.0. The largest absolute Gasteiger partial charge is 0.453 e. The number of hydrogen-bond donors (Lipinski definition) is 6. The molecule has 0 aromatic rings. The molecule has 20 heterocycles. The Balaban J connectivity index is 1.07. The van der Waals surface area contributed by atoms with Crippen molar-refractivity contribution in [1.29, 1.82) is 0 Å². The van der Waals surface area contributed by atoms with E-state index in [-0.39, 0.29) is 0 Å². The van der Waals surface area contributed by atoms with Crippen LogP contribution in [-0.2, 0) is 230 Å². The predicted molar refractivity (Wildman–Crippen MR) is 249 cm³/mol. The molecule has 20 fully saturated rings. The van der Waals surface area contributed by atoms with Gasteiger partial charge in [-0.1, -0.05) is 52.0 Å². The normalized spacial score (nSPS) is 49.9. The van der Waals surface area contributed by atoms with Crippen LogP contribution in [0.4, 0.5) is 0 Å². The highest BCUT2D eigenvalue weighted by atomic mass is 32.3. The van der Waals surface area contributed by atoms with E-state index in [2.05, 4.69) is 34.7 Å². The van der Waals surface area contributed by atoms with Gasteiger partial charge in [0, 0.05) is 0 Å². The third kappa shape index (κ3) is 14.9. The molecule has 54 nitrogen and oxygen atoms in total. The number of aliphatic hydroxyl groups is 6. The van der Waals surface area contributed by atoms with Crippen LogP contribution in [0.25, 0.3) is 0 Å². The van der Waals surface area contributed by atoms with Crippen molar-refractivity contribution in [3.63, 3.8) is 0 Å². The lowest BCUT2D eigenvalue weighted by Crippen LogP contribution is -2.70. The lowest BCUT2D eigenvalue weighted by molar-refractivity contribution is -0.467. The quantitative estimate of drug-likeness (QED) is 0.135. The summed E-state index contributed by atoms with van der Waals surface area (Å²) in [4.78, 5) is 62.8. The monoisotopic (exact) mass is 1540 g/mol. The Labute approximate surface area is 533 Å². The average molecular weight is 1540 g/mol. The molecule has 0 amide bonds. The van der Waals surface area contributed by atoms with E-state index in [9.17, 15) is 81.1 Å². The zero-order valence-corrected chi connectivity index (χ0v) is 51.2. The summed E-state index contributed by atoms with van der Waals surface area (Å²) in [5, 5.41) is 66.6. The highest BCUT2D eigenvalue weighted by molar-refractivity contribution is 7.82. The van der Waals surface area contributed by atoms with Crippen molar-refractivity contribution in [1.82, 2.24) is 0 Å². The van der Waals surface area contributed by atoms with Crippen molar-refractivity contribution >= 4 is 62.4 Å². The van der Waals surface area contributed by atoms with Gasteiger partial charge in [0.1, 0.15) is 73.2 Å². The van der Waals surface area contributed by atoms with Gasteiger partial charge in [0.15, 0.2) is 111 Å². The van der Waals surface area contributed by atoms with Crippen LogP contribution in [0.15, 0.2) is 0 Å². The second kappa shape index (κ2) is 28.6. The Morgan fingerprint density at radius 3 is 0.396 bits per heavy atom. The first-order valence-corrected chi connectivity index (χ1v) is 34.8. The molecule has 0 radical (unpaired) electrons. The van der Waals surface area contributed by atoms with E-state index in [1.54, 1.807) is 0 Å². The first kappa shape index (κ1) is 72.4. The molecular weight excluding hydrogens is 1490 g/mol. The molecule has 20 saturated heterocycles. The maximum absolute atomic E-state index is 14.3. The molecule has 20 rings (SSSR count). The van der Waals surface area contributed by atoms with Crippen LogP contribution in [0.2, 0.25) is 0 Å². The topological polar surface area (TPSA) is 659 Å². The summed E-state index contributed by atoms with van der Waals surface area (Å²) in [6.45, 7) is -8.87. The van der Waals surface area contributed by atoms with E-state index >= 15 is 0 Å². The molecule has 0 aliphatic carbocycles. The van der Waals surface area contributed by atoms with Gasteiger partial charge in [0.05, 0.1) is 39.6 Å². The molecule has 0 aromatic heterocycles. The first-order chi connectivity index (χ1) is 45.6. The first-order valence-electron chi connectivity index (χ1n) is 26.8. The summed E-state index contributed by atoms with van der Waals surface area (Å²) in [5.41, 5.74) is 0. The van der Waals surface area contributed by atoms with Gasteiger partial charge in [-0.3, -0.25) is 0 Å². The summed E-state index contributed by atoms with van der Waals surface area (Å²) in [6.07, 6.45) is -78.8. The van der Waals surface area contributed by atoms with Crippen molar-refractivity contribution < 1.29 is 249 Å². The Hall–Kier alpha value is -1.98. The van der Waals surface area contributed by atoms with Crippen molar-refractivity contribution in [2.24, 2.45) is 0 Å². The van der Waals surface area contributed by atoms with Crippen molar-refractivity contribution in [2.75, 3.05) is 39.6 Å². The third-order valence-electron chi connectivity index (χ3n) is 15.2. The average Bonchev–Trinajstić information content (AvgIpc) is 1.18. The van der Waals surface area contributed by atoms with Gasteiger partial charge in [-0.05, 0) is 0 Å². The number of ether oxygens (including phenoxy) is 12. The minimum absolute atomic E-state index is 1.38. The second-order valence-electron chi connectivity index (χ2n) is 21.0. The summed E-state index contributed by atoms with van der Waals surface area (Å²) in [6, 6.07) is 0. The number of aliphatic hydroxyl groups excluding tert-OH is 6. The van der Waals surface area contributed by atoms with E-state index in [1.165, 1.54) is 0 Å². The van der Waals surface area contributed by atoms with E-state index in [4.69, 9.17) is 133 Å². The maximum atomic E-state index is 14.3. The molecule has 20 aliphatic rings. The molecule has 0 aromatic carbocycles. The van der Waals surface area contributed by atoms with Gasteiger partial charge in [-0.25, -0.2) is 58.7 Å². The molecule has 60 heteroatoms. The molecule has 6 N–H and O–H groups in total. The summed E-state index contributed by atoms with van der Waals surface area (Å²) in [5.74, 6) is 0. The lowest BCUT2D eigenvalue weighted by Gasteiger charge is -2.51. The molecule has 96 heavy (non-hydrogen) atoms. The summed E-state index contributed by atoms with van der Waals surface area (Å²) >= 11 is 0. The van der Waals surface area contributed by atoms with Gasteiger partial charge < -0.3 is 87.5 Å². The molecule has 552 valence electrons. The van der Waals surface area contributed by atoms with Crippen LogP contribution in [-0.4, -0.2) is 305 Å². The Morgan fingerprint density at radius 2 is 0.281 bits per heavy atom. The standard InChI is InChI=1S/C36H48O54S6/c37-1-7-13-19-25-31(55-7)63-15-9(3-39)59-35-29-21(15)69-81-92(45,46)84-72-24-18(66-35)12(6-42)58-34(28(24)76-88-96(53,54)89-77-29)62-14-8(2-38)56-32(26(74-86-94(49,50)85-73-25)20(14)68-80-91(43,44)79-67-19)64-16-10(4-40)60-36-30-22(16)70-82-93(47,48)83-71-23-17(65-36)11(5-41)57-33(61-13)27(23)75-87-95(51,52)90-78-30/h7-42H,1-6H2/t7-,8-,9-,10-,11-,12-,13+,14+,15+,16+,17+,18+,19-,20-,21-,22-,23-,24-,25-,26-,27-,28-,29-,30-,31-,32-,33-,34-,35-,36-/m1/s1. The fourth-order valence-electron chi connectivity index (χ4n) is 11.2. The molecule has 20 aliphatic heterocycles. The number of hydrogen-bond acceptors (Lipinski definition) is 54. The summed E-state index contributed by atoms with van der Waals surface area (Å²) < 4.78 is 295. The highest BCUT2D eigenvalue weighted by Crippen LogP contribution is 2.45. The molecule has 0 spiro atoms. The second-order valence-corrected chi connectivity index (χ2v) is 27.5. The third-order valence-corrected chi connectivity index (χ3v) is 18.1. The van der Waals surface area contributed by atoms with E-state index < -0.39 is 286 Å². The van der Waals surface area contributed by atoms with E-state index in [0.29, 0.717) is 0 Å². The Kier molecular flexibility index (Phi) is 21.5. The minimum Gasteiger partial charge on any atom is -0.394 e. The molecular formula is C36H48O54S6. The fraction of sp³-hybridized carbons (Fsp3) is 1.00. The highest BCUT2D eigenvalue weighted by Gasteiger charge is 2.66. The van der Waals surface area contributed by atoms with Crippen LogP contribution in [0.5, 0.6) is 0 Å². The van der Waals surface area contributed by atoms with Gasteiger partial charge >= 0.3 is 62.4 Å². The van der Waals surface area contributed by atoms with E-state index in [1.807, 2.05) is 0 Å². The molecule has 24 bridgehead atoms. The number of rotatable bonds is 6. The van der Waals surface area contributed by atoms with Gasteiger partial charge in [-0.15, -0.1) is 0 Å². The van der Waals surface area contributed by atoms with Gasteiger partial charge in [-0.2, -0.15) is 50.5 Å². The fourth-order valence-corrected chi connectivity index (χ4v) is 13.6. The molecule has 30 atom stereocenters. The van der Waals surface area contributed by atoms with Gasteiger partial charge in [0.2, 0.25) is 0 Å². The van der Waals surface area contributed by atoms with Gasteiger partial charge in [0.25, 0.3) is 0 Å². The van der Waals surface area contributed by atoms with Crippen LogP contribution in [0, 0.1) is 0 Å². The Morgan fingerprint density at radius 1 is 0.167 bits per heavy atom. The van der Waals surface area contributed by atoms with Crippen LogP contribution >= 0.6 is 0 Å². The van der Waals surface area contributed by atoms with Crippen LogP contribution in [0.3, 0.4) is 0 Å². The van der Waals surface area contributed by atoms with Crippen LogP contribution in [0.1, 0.15) is 0 Å². The SMILES string of the molecule is O=S1(=O)OO[C@@H]2[C@H]3O[C@H]4O[C@H](CO)[C@@H]5O[C@H]6O[C@H](CO)[C@@H]7O[C@H]8O[C@H](CO)[C@@H]9O[C@H]%10O[C@H](CO)[C@H](O[C@H]%11O[C@H](CO)[C@H](O[C@@H](O[C@@H]3CO)[C@@H]2OOS(=O)(=O)OO[C@@H]4[C@@H]5OO1)[C@H]1OOS(=O)(=O)OO[C@H]7[C@H]6OOS(=O)(=O)OO[C@@H]%111)[C@H]1OOS(=O)(=O)OO[C@H]9[C@H]8OOS(=O)(=O)OO[C@@H]%101.